The fraction of sp³-hybridized carbons (Fsp3) is 0. The average molecular weight is 702 g/mol. The van der Waals surface area contributed by atoms with Crippen LogP contribution in [-0.2, 0) is 0 Å². The fourth-order valence-corrected chi connectivity index (χ4v) is 7.98. The van der Waals surface area contributed by atoms with Gasteiger partial charge in [-0.15, -0.1) is 0 Å². The van der Waals surface area contributed by atoms with E-state index in [2.05, 4.69) is 161 Å². The number of pyridine rings is 2. The van der Waals surface area contributed by atoms with Gasteiger partial charge in [-0.3, -0.25) is 14.5 Å². The largest absolute Gasteiger partial charge is 0.293 e. The van der Waals surface area contributed by atoms with Crippen LogP contribution in [0.3, 0.4) is 0 Å². The number of para-hydroxylation sites is 2. The van der Waals surface area contributed by atoms with Crippen molar-refractivity contribution in [2.75, 3.05) is 0 Å². The van der Waals surface area contributed by atoms with E-state index in [9.17, 15) is 0 Å². The Bertz CT molecular complexity index is 3250. The molecule has 0 aliphatic heterocycles. The van der Waals surface area contributed by atoms with E-state index in [-0.39, 0.29) is 0 Å². The number of rotatable bonds is 5. The first-order valence-corrected chi connectivity index (χ1v) is 18.5. The van der Waals surface area contributed by atoms with E-state index in [1.54, 1.807) is 0 Å². The van der Waals surface area contributed by atoms with Gasteiger partial charge in [-0.25, -0.2) is 9.97 Å². The lowest BCUT2D eigenvalue weighted by molar-refractivity contribution is 1.07. The van der Waals surface area contributed by atoms with Crippen LogP contribution in [0.15, 0.2) is 188 Å². The van der Waals surface area contributed by atoms with E-state index in [0.717, 1.165) is 55.5 Å². The SMILES string of the molecule is c1ccc(-c2cccc(-c3ccc4c(c3)c3cc5ccccc5cc3n4-c3nc(-c4ccc(-c5cccc6cccnc56)nc4)nc4ccccc34)c2)cc1. The summed E-state index contributed by atoms with van der Waals surface area (Å²) in [6, 6.07) is 62.0. The molecule has 0 aliphatic carbocycles. The molecular formula is C50H31N5. The van der Waals surface area contributed by atoms with Crippen LogP contribution >= 0.6 is 0 Å². The molecule has 7 aromatic carbocycles. The monoisotopic (exact) mass is 701 g/mol. The predicted octanol–water partition coefficient (Wildman–Crippen LogP) is 12.5. The summed E-state index contributed by atoms with van der Waals surface area (Å²) in [5.41, 5.74) is 11.4. The van der Waals surface area contributed by atoms with Crippen molar-refractivity contribution in [3.63, 3.8) is 0 Å². The van der Waals surface area contributed by atoms with Crippen molar-refractivity contribution in [2.24, 2.45) is 0 Å². The summed E-state index contributed by atoms with van der Waals surface area (Å²) >= 11 is 0. The van der Waals surface area contributed by atoms with Gasteiger partial charge in [-0.2, -0.15) is 0 Å². The Morgan fingerprint density at radius 1 is 0.400 bits per heavy atom. The van der Waals surface area contributed by atoms with Gasteiger partial charge in [0.2, 0.25) is 0 Å². The van der Waals surface area contributed by atoms with Crippen molar-refractivity contribution < 1.29 is 0 Å². The zero-order valence-corrected chi connectivity index (χ0v) is 29.6. The van der Waals surface area contributed by atoms with Crippen molar-refractivity contribution in [1.29, 1.82) is 0 Å². The number of nitrogens with zero attached hydrogens (tertiary/aromatic N) is 5. The zero-order chi connectivity index (χ0) is 36.3. The van der Waals surface area contributed by atoms with E-state index in [1.165, 1.54) is 43.8 Å². The Morgan fingerprint density at radius 3 is 1.96 bits per heavy atom. The Labute approximate surface area is 316 Å². The zero-order valence-electron chi connectivity index (χ0n) is 29.6. The highest BCUT2D eigenvalue weighted by Gasteiger charge is 2.19. The normalized spacial score (nSPS) is 11.6. The molecule has 5 nitrogen and oxygen atoms in total. The summed E-state index contributed by atoms with van der Waals surface area (Å²) in [6.07, 6.45) is 3.70. The fourth-order valence-electron chi connectivity index (χ4n) is 7.98. The van der Waals surface area contributed by atoms with Gasteiger partial charge in [0, 0.05) is 45.1 Å². The standard InChI is InChI=1S/C50H31N5/c1-2-11-32(12-3-1)34-16-8-17-35(27-34)38-23-25-46-42(29-38)43-28-36-13-4-5-14-37(36)30-47(43)55(46)50-41-19-6-7-21-45(41)53-49(54-50)39-22-24-44(52-31-39)40-20-9-15-33-18-10-26-51-48(33)40/h1-31H. The molecule has 11 rings (SSSR count). The van der Waals surface area contributed by atoms with Crippen molar-refractivity contribution in [3.05, 3.63) is 188 Å². The molecule has 0 saturated heterocycles. The Hall–Kier alpha value is -7.50. The molecule has 0 bridgehead atoms. The molecule has 55 heavy (non-hydrogen) atoms. The second kappa shape index (κ2) is 12.6. The summed E-state index contributed by atoms with van der Waals surface area (Å²) < 4.78 is 2.32. The van der Waals surface area contributed by atoms with Crippen molar-refractivity contribution in [3.8, 4) is 50.7 Å². The van der Waals surface area contributed by atoms with Gasteiger partial charge in [0.25, 0.3) is 0 Å². The van der Waals surface area contributed by atoms with Gasteiger partial charge in [-0.05, 0) is 93.7 Å². The highest BCUT2D eigenvalue weighted by atomic mass is 15.1. The maximum Gasteiger partial charge on any atom is 0.163 e. The summed E-state index contributed by atoms with van der Waals surface area (Å²) in [4.78, 5) is 20.0. The second-order valence-corrected chi connectivity index (χ2v) is 13.9. The number of aromatic nitrogens is 5. The highest BCUT2D eigenvalue weighted by molar-refractivity contribution is 6.15. The second-order valence-electron chi connectivity index (χ2n) is 13.9. The molecule has 0 radical (unpaired) electrons. The van der Waals surface area contributed by atoms with Crippen LogP contribution in [0.5, 0.6) is 0 Å². The van der Waals surface area contributed by atoms with E-state index < -0.39 is 0 Å². The maximum atomic E-state index is 5.37. The summed E-state index contributed by atoms with van der Waals surface area (Å²) in [7, 11) is 0. The number of benzene rings is 7. The van der Waals surface area contributed by atoms with Crippen molar-refractivity contribution >= 4 is 54.4 Å². The van der Waals surface area contributed by atoms with Gasteiger partial charge in [0.1, 0.15) is 5.82 Å². The minimum atomic E-state index is 0.619. The first-order chi connectivity index (χ1) is 27.2. The third kappa shape index (κ3) is 5.24. The van der Waals surface area contributed by atoms with Crippen molar-refractivity contribution in [1.82, 2.24) is 24.5 Å². The maximum absolute atomic E-state index is 5.37. The van der Waals surface area contributed by atoms with Crippen LogP contribution in [-0.4, -0.2) is 24.5 Å². The van der Waals surface area contributed by atoms with Crippen LogP contribution in [0.4, 0.5) is 0 Å². The quantitative estimate of drug-likeness (QED) is 0.179. The number of hydrogen-bond donors (Lipinski definition) is 0. The molecule has 256 valence electrons. The first kappa shape index (κ1) is 31.1. The molecule has 0 amide bonds. The summed E-state index contributed by atoms with van der Waals surface area (Å²) in [5.74, 6) is 1.45. The Morgan fingerprint density at radius 2 is 1.09 bits per heavy atom. The van der Waals surface area contributed by atoms with Crippen LogP contribution in [0.25, 0.3) is 105 Å². The number of hydrogen-bond acceptors (Lipinski definition) is 4. The summed E-state index contributed by atoms with van der Waals surface area (Å²) in [6.45, 7) is 0. The van der Waals surface area contributed by atoms with Crippen LogP contribution in [0.1, 0.15) is 0 Å². The third-order valence-electron chi connectivity index (χ3n) is 10.7. The Kier molecular flexibility index (Phi) is 7.10. The van der Waals surface area contributed by atoms with Crippen molar-refractivity contribution in [2.45, 2.75) is 0 Å². The highest BCUT2D eigenvalue weighted by Crippen LogP contribution is 2.39. The molecule has 0 fully saturated rings. The lowest BCUT2D eigenvalue weighted by Gasteiger charge is -2.13. The minimum absolute atomic E-state index is 0.619. The smallest absolute Gasteiger partial charge is 0.163 e. The molecule has 0 N–H and O–H groups in total. The molecule has 0 atom stereocenters. The molecule has 4 aromatic heterocycles. The molecule has 11 aromatic rings. The molecule has 0 unspecified atom stereocenters. The molecule has 0 spiro atoms. The topological polar surface area (TPSA) is 56.5 Å². The number of fused-ring (bicyclic) bond motifs is 6. The van der Waals surface area contributed by atoms with Gasteiger partial charge in [0.15, 0.2) is 5.82 Å². The van der Waals surface area contributed by atoms with Crippen LogP contribution < -0.4 is 0 Å². The van der Waals surface area contributed by atoms with Crippen LogP contribution in [0, 0.1) is 0 Å². The minimum Gasteiger partial charge on any atom is -0.293 e. The lowest BCUT2D eigenvalue weighted by Crippen LogP contribution is -2.03. The first-order valence-electron chi connectivity index (χ1n) is 18.5. The van der Waals surface area contributed by atoms with Crippen LogP contribution in [0.2, 0.25) is 0 Å². The molecule has 0 aliphatic rings. The third-order valence-corrected chi connectivity index (χ3v) is 10.7. The van der Waals surface area contributed by atoms with Gasteiger partial charge in [0.05, 0.1) is 27.8 Å². The van der Waals surface area contributed by atoms with E-state index in [0.29, 0.717) is 5.82 Å². The Balaban J connectivity index is 1.11. The van der Waals surface area contributed by atoms with E-state index in [4.69, 9.17) is 15.0 Å². The van der Waals surface area contributed by atoms with Gasteiger partial charge < -0.3 is 0 Å². The van der Waals surface area contributed by atoms with Gasteiger partial charge in [-0.1, -0.05) is 115 Å². The molecule has 4 heterocycles. The molecular weight excluding hydrogens is 671 g/mol. The van der Waals surface area contributed by atoms with E-state index >= 15 is 0 Å². The lowest BCUT2D eigenvalue weighted by atomic mass is 9.97. The van der Waals surface area contributed by atoms with E-state index in [1.807, 2.05) is 36.7 Å². The molecule has 0 saturated carbocycles. The average Bonchev–Trinajstić information content (AvgIpc) is 3.57. The molecule has 5 heteroatoms. The predicted molar refractivity (Wildman–Crippen MR) is 226 cm³/mol. The summed E-state index contributed by atoms with van der Waals surface area (Å²) in [5, 5.41) is 6.78. The van der Waals surface area contributed by atoms with Gasteiger partial charge >= 0.3 is 0 Å².